The van der Waals surface area contributed by atoms with Crippen molar-refractivity contribution in [1.29, 1.82) is 5.26 Å². The molecule has 1 amide bonds. The predicted molar refractivity (Wildman–Crippen MR) is 96.6 cm³/mol. The van der Waals surface area contributed by atoms with Gasteiger partial charge in [-0.05, 0) is 30.3 Å². The lowest BCUT2D eigenvalue weighted by Gasteiger charge is -2.35. The van der Waals surface area contributed by atoms with E-state index < -0.39 is 0 Å². The number of benzene rings is 1. The maximum absolute atomic E-state index is 12.9. The first-order valence-corrected chi connectivity index (χ1v) is 8.29. The van der Waals surface area contributed by atoms with E-state index in [9.17, 15) is 10.1 Å². The molecule has 0 saturated carbocycles. The van der Waals surface area contributed by atoms with Gasteiger partial charge in [-0.2, -0.15) is 5.26 Å². The summed E-state index contributed by atoms with van der Waals surface area (Å²) in [7, 11) is 3.11. The Hall–Kier alpha value is -3.27. The molecule has 2 aromatic rings. The second-order valence-corrected chi connectivity index (χ2v) is 5.83. The van der Waals surface area contributed by atoms with E-state index in [0.29, 0.717) is 54.6 Å². The Kier molecular flexibility index (Phi) is 5.23. The number of piperazine rings is 1. The summed E-state index contributed by atoms with van der Waals surface area (Å²) < 4.78 is 10.5. The Morgan fingerprint density at radius 2 is 1.92 bits per heavy atom. The van der Waals surface area contributed by atoms with Gasteiger partial charge in [0.2, 0.25) is 0 Å². The Labute approximate surface area is 152 Å². The number of ether oxygens (including phenoxy) is 2. The van der Waals surface area contributed by atoms with Crippen molar-refractivity contribution in [2.45, 2.75) is 0 Å². The highest BCUT2D eigenvalue weighted by Crippen LogP contribution is 2.26. The fourth-order valence-corrected chi connectivity index (χ4v) is 3.01. The highest BCUT2D eigenvalue weighted by Gasteiger charge is 2.26. The quantitative estimate of drug-likeness (QED) is 0.837. The van der Waals surface area contributed by atoms with Crippen LogP contribution in [0.25, 0.3) is 0 Å². The van der Waals surface area contributed by atoms with Crippen molar-refractivity contribution >= 4 is 11.7 Å². The summed E-state index contributed by atoms with van der Waals surface area (Å²) in [6.45, 7) is 2.31. The smallest absolute Gasteiger partial charge is 0.257 e. The van der Waals surface area contributed by atoms with Crippen LogP contribution in [0.3, 0.4) is 0 Å². The zero-order chi connectivity index (χ0) is 18.5. The largest absolute Gasteiger partial charge is 0.497 e. The van der Waals surface area contributed by atoms with Gasteiger partial charge in [-0.1, -0.05) is 0 Å². The number of nitriles is 1. The number of hydrogen-bond donors (Lipinski definition) is 0. The number of aromatic nitrogens is 1. The molecule has 0 unspecified atom stereocenters. The molecule has 0 atom stereocenters. The number of nitrogens with zero attached hydrogens (tertiary/aromatic N) is 4. The van der Waals surface area contributed by atoms with Crippen molar-refractivity contribution in [1.82, 2.24) is 9.88 Å². The van der Waals surface area contributed by atoms with Gasteiger partial charge in [0, 0.05) is 32.4 Å². The fourth-order valence-electron chi connectivity index (χ4n) is 3.01. The normalized spacial score (nSPS) is 13.9. The van der Waals surface area contributed by atoms with Gasteiger partial charge in [0.15, 0.2) is 0 Å². The van der Waals surface area contributed by atoms with E-state index in [1.54, 1.807) is 55.6 Å². The molecule has 7 nitrogen and oxygen atoms in total. The Bertz CT molecular complexity index is 839. The molecule has 0 radical (unpaired) electrons. The lowest BCUT2D eigenvalue weighted by atomic mass is 10.1. The number of carbonyl (C=O) groups is 1. The zero-order valence-corrected chi connectivity index (χ0v) is 14.8. The molecule has 26 heavy (non-hydrogen) atoms. The van der Waals surface area contributed by atoms with Crippen LogP contribution in [0.15, 0.2) is 36.5 Å². The molecular formula is C19H20N4O3. The minimum atomic E-state index is -0.0954. The third-order valence-corrected chi connectivity index (χ3v) is 4.41. The van der Waals surface area contributed by atoms with Crippen LogP contribution < -0.4 is 14.4 Å². The maximum atomic E-state index is 12.9. The molecule has 134 valence electrons. The number of amides is 1. The van der Waals surface area contributed by atoms with Crippen LogP contribution in [0.5, 0.6) is 11.5 Å². The lowest BCUT2D eigenvalue weighted by molar-refractivity contribution is 0.0742. The Balaban J connectivity index is 1.74. The molecular weight excluding hydrogens is 332 g/mol. The first-order valence-electron chi connectivity index (χ1n) is 8.29. The van der Waals surface area contributed by atoms with Crippen LogP contribution in [0.2, 0.25) is 0 Å². The average Bonchev–Trinajstić information content (AvgIpc) is 2.72. The summed E-state index contributed by atoms with van der Waals surface area (Å²) in [6, 6.07) is 10.9. The van der Waals surface area contributed by atoms with Gasteiger partial charge in [-0.15, -0.1) is 0 Å². The van der Waals surface area contributed by atoms with Crippen molar-refractivity contribution in [2.75, 3.05) is 45.3 Å². The van der Waals surface area contributed by atoms with Crippen LogP contribution >= 0.6 is 0 Å². The van der Waals surface area contributed by atoms with E-state index in [2.05, 4.69) is 11.1 Å². The first kappa shape index (κ1) is 17.5. The minimum absolute atomic E-state index is 0.0954. The molecule has 0 bridgehead atoms. The predicted octanol–water partition coefficient (Wildman–Crippen LogP) is 1.93. The molecule has 1 saturated heterocycles. The van der Waals surface area contributed by atoms with Crippen LogP contribution in [-0.2, 0) is 0 Å². The Morgan fingerprint density at radius 1 is 1.15 bits per heavy atom. The van der Waals surface area contributed by atoms with Gasteiger partial charge in [0.1, 0.15) is 23.4 Å². The standard InChI is InChI=1S/C19H20N4O3/c1-25-15-5-6-17(26-2)16(12-15)19(24)23-10-8-22(9-11-23)18-14(13-20)4-3-7-21-18/h3-7,12H,8-11H2,1-2H3. The van der Waals surface area contributed by atoms with Crippen molar-refractivity contribution in [3.8, 4) is 17.6 Å². The molecule has 0 spiro atoms. The number of anilines is 1. The fraction of sp³-hybridized carbons (Fsp3) is 0.316. The van der Waals surface area contributed by atoms with Gasteiger partial charge >= 0.3 is 0 Å². The van der Waals surface area contributed by atoms with E-state index in [1.807, 2.05) is 4.90 Å². The van der Waals surface area contributed by atoms with E-state index in [4.69, 9.17) is 9.47 Å². The highest BCUT2D eigenvalue weighted by molar-refractivity contribution is 5.97. The third kappa shape index (κ3) is 3.40. The Morgan fingerprint density at radius 3 is 2.58 bits per heavy atom. The van der Waals surface area contributed by atoms with Gasteiger partial charge in [0.25, 0.3) is 5.91 Å². The van der Waals surface area contributed by atoms with Crippen LogP contribution in [-0.4, -0.2) is 56.2 Å². The van der Waals surface area contributed by atoms with Gasteiger partial charge in [-0.25, -0.2) is 4.98 Å². The van der Waals surface area contributed by atoms with E-state index in [-0.39, 0.29) is 5.91 Å². The second kappa shape index (κ2) is 7.74. The van der Waals surface area contributed by atoms with Crippen LogP contribution in [0.4, 0.5) is 5.82 Å². The molecule has 1 aromatic heterocycles. The van der Waals surface area contributed by atoms with Crippen molar-refractivity contribution in [2.24, 2.45) is 0 Å². The van der Waals surface area contributed by atoms with Crippen molar-refractivity contribution in [3.05, 3.63) is 47.7 Å². The molecule has 7 heteroatoms. The summed E-state index contributed by atoms with van der Waals surface area (Å²) in [4.78, 5) is 21.0. The molecule has 1 aliphatic heterocycles. The summed E-state index contributed by atoms with van der Waals surface area (Å²) in [5.74, 6) is 1.71. The third-order valence-electron chi connectivity index (χ3n) is 4.41. The summed E-state index contributed by atoms with van der Waals surface area (Å²) in [5.41, 5.74) is 1.03. The second-order valence-electron chi connectivity index (χ2n) is 5.83. The highest BCUT2D eigenvalue weighted by atomic mass is 16.5. The van der Waals surface area contributed by atoms with Crippen molar-refractivity contribution in [3.63, 3.8) is 0 Å². The number of rotatable bonds is 4. The number of hydrogen-bond acceptors (Lipinski definition) is 6. The van der Waals surface area contributed by atoms with Crippen LogP contribution in [0, 0.1) is 11.3 Å². The number of carbonyl (C=O) groups excluding carboxylic acids is 1. The monoisotopic (exact) mass is 352 g/mol. The lowest BCUT2D eigenvalue weighted by Crippen LogP contribution is -2.49. The molecule has 1 aliphatic rings. The molecule has 0 N–H and O–H groups in total. The topological polar surface area (TPSA) is 78.7 Å². The average molecular weight is 352 g/mol. The van der Waals surface area contributed by atoms with Crippen molar-refractivity contribution < 1.29 is 14.3 Å². The maximum Gasteiger partial charge on any atom is 0.257 e. The van der Waals surface area contributed by atoms with Gasteiger partial charge in [0.05, 0.1) is 25.3 Å². The SMILES string of the molecule is COc1ccc(OC)c(C(=O)N2CCN(c3ncccc3C#N)CC2)c1. The zero-order valence-electron chi connectivity index (χ0n) is 14.8. The molecule has 1 fully saturated rings. The van der Waals surface area contributed by atoms with Gasteiger partial charge < -0.3 is 19.3 Å². The van der Waals surface area contributed by atoms with E-state index >= 15 is 0 Å². The summed E-state index contributed by atoms with van der Waals surface area (Å²) >= 11 is 0. The molecule has 0 aliphatic carbocycles. The number of methoxy groups -OCH3 is 2. The number of pyridine rings is 1. The summed E-state index contributed by atoms with van der Waals surface area (Å²) in [6.07, 6.45) is 1.68. The van der Waals surface area contributed by atoms with E-state index in [1.165, 1.54) is 0 Å². The first-order chi connectivity index (χ1) is 12.7. The minimum Gasteiger partial charge on any atom is -0.497 e. The molecule has 1 aromatic carbocycles. The molecule has 3 rings (SSSR count). The summed E-state index contributed by atoms with van der Waals surface area (Å²) in [5, 5.41) is 9.24. The molecule has 2 heterocycles. The van der Waals surface area contributed by atoms with Crippen LogP contribution in [0.1, 0.15) is 15.9 Å². The van der Waals surface area contributed by atoms with Gasteiger partial charge in [-0.3, -0.25) is 4.79 Å². The van der Waals surface area contributed by atoms with E-state index in [0.717, 1.165) is 0 Å².